The van der Waals surface area contributed by atoms with Crippen LogP contribution >= 0.6 is 11.8 Å². The van der Waals surface area contributed by atoms with Gasteiger partial charge in [0.1, 0.15) is 0 Å². The molecule has 0 aliphatic carbocycles. The van der Waals surface area contributed by atoms with Gasteiger partial charge in [-0.3, -0.25) is 14.2 Å². The van der Waals surface area contributed by atoms with E-state index < -0.39 is 0 Å². The number of fused-ring (bicyclic) bond motifs is 1. The normalized spacial score (nSPS) is 11.5. The fourth-order valence-corrected chi connectivity index (χ4v) is 4.09. The monoisotopic (exact) mass is 391 g/mol. The van der Waals surface area contributed by atoms with Crippen molar-refractivity contribution in [2.75, 3.05) is 19.5 Å². The van der Waals surface area contributed by atoms with Crippen LogP contribution in [0.3, 0.4) is 0 Å². The first-order valence-corrected chi connectivity index (χ1v) is 10.3. The molecule has 2 rings (SSSR count). The highest BCUT2D eigenvalue weighted by Gasteiger charge is 2.21. The highest BCUT2D eigenvalue weighted by atomic mass is 32.2. The maximum absolute atomic E-state index is 12.9. The fourth-order valence-electron chi connectivity index (χ4n) is 3.20. The number of nitrogens with zero attached hydrogens (tertiary/aromatic N) is 3. The largest absolute Gasteiger partial charge is 0.385 e. The molecule has 1 aromatic heterocycles. The molecule has 1 aromatic carbocycles. The van der Waals surface area contributed by atoms with E-state index in [1.807, 2.05) is 50.8 Å². The van der Waals surface area contributed by atoms with Gasteiger partial charge in [-0.25, -0.2) is 4.98 Å². The van der Waals surface area contributed by atoms with Crippen LogP contribution in [0.4, 0.5) is 0 Å². The number of rotatable bonds is 9. The van der Waals surface area contributed by atoms with Gasteiger partial charge in [-0.2, -0.15) is 0 Å². The third-order valence-electron chi connectivity index (χ3n) is 4.28. The van der Waals surface area contributed by atoms with E-state index in [1.165, 1.54) is 11.8 Å². The van der Waals surface area contributed by atoms with Crippen molar-refractivity contribution in [3.63, 3.8) is 0 Å². The van der Waals surface area contributed by atoms with Gasteiger partial charge in [0.05, 0.1) is 16.7 Å². The minimum atomic E-state index is -0.0729. The summed E-state index contributed by atoms with van der Waals surface area (Å²) in [6.07, 6.45) is 0.710. The van der Waals surface area contributed by atoms with Crippen molar-refractivity contribution >= 4 is 28.6 Å². The second-order valence-electron chi connectivity index (χ2n) is 6.99. The summed E-state index contributed by atoms with van der Waals surface area (Å²) in [6.45, 7) is 9.12. The van der Waals surface area contributed by atoms with Crippen molar-refractivity contribution in [1.82, 2.24) is 14.5 Å². The van der Waals surface area contributed by atoms with Crippen LogP contribution in [-0.2, 0) is 16.1 Å². The molecular weight excluding hydrogens is 362 g/mol. The van der Waals surface area contributed by atoms with Crippen LogP contribution in [0.5, 0.6) is 0 Å². The number of carbonyl (C=O) groups excluding carboxylic acids is 1. The zero-order valence-corrected chi connectivity index (χ0v) is 17.6. The maximum atomic E-state index is 12.9. The van der Waals surface area contributed by atoms with Crippen LogP contribution in [0.1, 0.15) is 34.1 Å². The molecule has 0 bridgehead atoms. The Morgan fingerprint density at radius 2 is 1.89 bits per heavy atom. The number of thioether (sulfide) groups is 1. The molecule has 1 amide bonds. The fraction of sp³-hybridized carbons (Fsp3) is 0.550. The quantitative estimate of drug-likeness (QED) is 0.373. The Balaban J connectivity index is 2.31. The molecule has 1 heterocycles. The summed E-state index contributed by atoms with van der Waals surface area (Å²) < 4.78 is 6.77. The van der Waals surface area contributed by atoms with Gasteiger partial charge < -0.3 is 9.64 Å². The number of methoxy groups -OCH3 is 1. The lowest BCUT2D eigenvalue weighted by Crippen LogP contribution is -2.43. The van der Waals surface area contributed by atoms with E-state index in [-0.39, 0.29) is 29.3 Å². The van der Waals surface area contributed by atoms with Gasteiger partial charge in [-0.05, 0) is 46.2 Å². The number of carbonyl (C=O) groups is 1. The highest BCUT2D eigenvalue weighted by molar-refractivity contribution is 7.99. The van der Waals surface area contributed by atoms with E-state index >= 15 is 0 Å². The molecule has 0 aliphatic rings. The minimum absolute atomic E-state index is 0.0517. The van der Waals surface area contributed by atoms with E-state index in [2.05, 4.69) is 4.98 Å². The summed E-state index contributed by atoms with van der Waals surface area (Å²) in [4.78, 5) is 32.1. The van der Waals surface area contributed by atoms with Crippen molar-refractivity contribution in [3.8, 4) is 0 Å². The Kier molecular flexibility index (Phi) is 7.86. The van der Waals surface area contributed by atoms with E-state index in [0.29, 0.717) is 35.6 Å². The zero-order chi connectivity index (χ0) is 20.0. The Bertz CT molecular complexity index is 825. The van der Waals surface area contributed by atoms with Crippen LogP contribution < -0.4 is 5.56 Å². The number of benzene rings is 1. The predicted octanol–water partition coefficient (Wildman–Crippen LogP) is 3.17. The third kappa shape index (κ3) is 5.32. The van der Waals surface area contributed by atoms with Gasteiger partial charge in [0, 0.05) is 32.3 Å². The average Bonchev–Trinajstić information content (AvgIpc) is 2.61. The number of hydrogen-bond acceptors (Lipinski definition) is 5. The van der Waals surface area contributed by atoms with Crippen molar-refractivity contribution < 1.29 is 9.53 Å². The van der Waals surface area contributed by atoms with Crippen LogP contribution in [0, 0.1) is 0 Å². The van der Waals surface area contributed by atoms with Gasteiger partial charge in [-0.15, -0.1) is 0 Å². The molecule has 0 saturated carbocycles. The third-order valence-corrected chi connectivity index (χ3v) is 5.24. The Labute approximate surface area is 164 Å². The molecule has 2 aromatic rings. The Morgan fingerprint density at radius 1 is 1.22 bits per heavy atom. The number of para-hydroxylation sites is 1. The zero-order valence-electron chi connectivity index (χ0n) is 16.8. The minimum Gasteiger partial charge on any atom is -0.385 e. The molecule has 0 N–H and O–H groups in total. The van der Waals surface area contributed by atoms with Crippen molar-refractivity contribution in [2.24, 2.45) is 0 Å². The lowest BCUT2D eigenvalue weighted by molar-refractivity contribution is -0.131. The molecule has 27 heavy (non-hydrogen) atoms. The van der Waals surface area contributed by atoms with E-state index in [4.69, 9.17) is 4.74 Å². The summed E-state index contributed by atoms with van der Waals surface area (Å²) >= 11 is 1.33. The topological polar surface area (TPSA) is 64.4 Å². The smallest absolute Gasteiger partial charge is 0.262 e. The molecule has 0 saturated heterocycles. The Hall–Kier alpha value is -1.86. The summed E-state index contributed by atoms with van der Waals surface area (Å²) in [5, 5.41) is 1.17. The molecule has 0 spiro atoms. The van der Waals surface area contributed by atoms with Crippen LogP contribution in [0.2, 0.25) is 0 Å². The summed E-state index contributed by atoms with van der Waals surface area (Å²) in [5.41, 5.74) is 0.584. The van der Waals surface area contributed by atoms with Gasteiger partial charge in [0.25, 0.3) is 5.56 Å². The van der Waals surface area contributed by atoms with Gasteiger partial charge >= 0.3 is 0 Å². The maximum Gasteiger partial charge on any atom is 0.262 e. The van der Waals surface area contributed by atoms with Crippen LogP contribution in [0.15, 0.2) is 34.2 Å². The SMILES string of the molecule is COCCCn1c(SCC(=O)N(C(C)C)C(C)C)nc2ccccc2c1=O. The van der Waals surface area contributed by atoms with E-state index in [9.17, 15) is 9.59 Å². The van der Waals surface area contributed by atoms with Crippen molar-refractivity contribution in [3.05, 3.63) is 34.6 Å². The molecule has 7 heteroatoms. The van der Waals surface area contributed by atoms with Crippen LogP contribution in [0.25, 0.3) is 10.9 Å². The number of aromatic nitrogens is 2. The van der Waals surface area contributed by atoms with Gasteiger partial charge in [0.2, 0.25) is 5.91 Å². The Morgan fingerprint density at radius 3 is 2.52 bits per heavy atom. The number of ether oxygens (including phenoxy) is 1. The summed E-state index contributed by atoms with van der Waals surface area (Å²) in [7, 11) is 1.64. The highest BCUT2D eigenvalue weighted by Crippen LogP contribution is 2.20. The molecule has 0 atom stereocenters. The van der Waals surface area contributed by atoms with Gasteiger partial charge in [0.15, 0.2) is 5.16 Å². The average molecular weight is 392 g/mol. The molecule has 6 nitrogen and oxygen atoms in total. The first-order valence-electron chi connectivity index (χ1n) is 9.29. The molecule has 0 aliphatic heterocycles. The lowest BCUT2D eigenvalue weighted by atomic mass is 10.2. The lowest BCUT2D eigenvalue weighted by Gasteiger charge is -2.30. The predicted molar refractivity (Wildman–Crippen MR) is 110 cm³/mol. The second kappa shape index (κ2) is 9.90. The van der Waals surface area contributed by atoms with E-state index in [0.717, 1.165) is 0 Å². The molecular formula is C20H29N3O3S. The van der Waals surface area contributed by atoms with Crippen molar-refractivity contribution in [2.45, 2.75) is 57.9 Å². The van der Waals surface area contributed by atoms with Crippen molar-refractivity contribution in [1.29, 1.82) is 0 Å². The molecule has 148 valence electrons. The second-order valence-corrected chi connectivity index (χ2v) is 7.93. The first kappa shape index (κ1) is 21.4. The molecule has 0 radical (unpaired) electrons. The first-order chi connectivity index (χ1) is 12.9. The van der Waals surface area contributed by atoms with Gasteiger partial charge in [-0.1, -0.05) is 23.9 Å². The molecule has 0 fully saturated rings. The van der Waals surface area contributed by atoms with E-state index in [1.54, 1.807) is 17.7 Å². The standard InChI is InChI=1S/C20H29N3O3S/c1-14(2)23(15(3)4)18(24)13-27-20-21-17-10-7-6-9-16(17)19(25)22(20)11-8-12-26-5/h6-7,9-10,14-15H,8,11-13H2,1-5H3. The summed E-state index contributed by atoms with van der Waals surface area (Å²) in [5.74, 6) is 0.307. The number of amides is 1. The molecule has 0 unspecified atom stereocenters. The summed E-state index contributed by atoms with van der Waals surface area (Å²) in [6, 6.07) is 7.58. The van der Waals surface area contributed by atoms with Crippen LogP contribution in [-0.4, -0.2) is 51.9 Å². The number of hydrogen-bond donors (Lipinski definition) is 0.